The van der Waals surface area contributed by atoms with Gasteiger partial charge in [-0.1, -0.05) is 12.1 Å². The molecular weight excluding hydrogens is 535 g/mol. The Hall–Kier alpha value is -2.53. The van der Waals surface area contributed by atoms with Crippen LogP contribution in [0.15, 0.2) is 47.5 Å². The highest BCUT2D eigenvalue weighted by Gasteiger charge is 2.07. The molecule has 0 aliphatic carbocycles. The van der Waals surface area contributed by atoms with Crippen molar-refractivity contribution in [1.29, 1.82) is 0 Å². The van der Waals surface area contributed by atoms with Gasteiger partial charge in [-0.25, -0.2) is 0 Å². The number of ether oxygens (including phenoxy) is 3. The zero-order valence-corrected chi connectivity index (χ0v) is 22.1. The number of guanidine groups is 1. The Morgan fingerprint density at radius 2 is 1.73 bits per heavy atom. The molecule has 0 unspecified atom stereocenters. The number of hydrogen-bond acceptors (Lipinski definition) is 5. The number of halogens is 1. The van der Waals surface area contributed by atoms with Gasteiger partial charge in [0.05, 0.1) is 13.7 Å². The molecule has 9 heteroatoms. The summed E-state index contributed by atoms with van der Waals surface area (Å²) in [7, 11) is 3.30. The van der Waals surface area contributed by atoms with Crippen LogP contribution in [0.2, 0.25) is 0 Å². The molecule has 1 amide bonds. The van der Waals surface area contributed by atoms with Gasteiger partial charge in [0, 0.05) is 44.4 Å². The SMILES string of the molecule is CCOCCOc1cc(C)ccc1CNC(=NC)NCCNC(=O)c1ccc(OC)cc1.I. The van der Waals surface area contributed by atoms with Crippen molar-refractivity contribution in [1.82, 2.24) is 16.0 Å². The number of aliphatic imine (C=N–C) groups is 1. The number of amides is 1. The molecule has 2 aromatic rings. The average Bonchev–Trinajstić information content (AvgIpc) is 2.82. The molecule has 0 bridgehead atoms. The van der Waals surface area contributed by atoms with Crippen molar-refractivity contribution in [3.05, 3.63) is 59.2 Å². The normalized spacial score (nSPS) is 10.7. The van der Waals surface area contributed by atoms with Crippen molar-refractivity contribution in [3.63, 3.8) is 0 Å². The third kappa shape index (κ3) is 10.3. The van der Waals surface area contributed by atoms with E-state index in [9.17, 15) is 4.79 Å². The fourth-order valence-corrected chi connectivity index (χ4v) is 2.90. The first-order valence-electron chi connectivity index (χ1n) is 10.7. The second-order valence-corrected chi connectivity index (χ2v) is 6.99. The lowest BCUT2D eigenvalue weighted by Crippen LogP contribution is -2.41. The summed E-state index contributed by atoms with van der Waals surface area (Å²) in [6.07, 6.45) is 0. The van der Waals surface area contributed by atoms with E-state index < -0.39 is 0 Å². The van der Waals surface area contributed by atoms with Crippen LogP contribution in [0.25, 0.3) is 0 Å². The minimum Gasteiger partial charge on any atom is -0.497 e. The highest BCUT2D eigenvalue weighted by molar-refractivity contribution is 14.0. The molecule has 2 rings (SSSR count). The van der Waals surface area contributed by atoms with Crippen LogP contribution in [0.3, 0.4) is 0 Å². The number of benzene rings is 2. The van der Waals surface area contributed by atoms with Crippen LogP contribution in [-0.4, -0.2) is 58.9 Å². The van der Waals surface area contributed by atoms with Gasteiger partial charge in [-0.2, -0.15) is 0 Å². The summed E-state index contributed by atoms with van der Waals surface area (Å²) in [5.74, 6) is 2.06. The smallest absolute Gasteiger partial charge is 0.251 e. The molecule has 2 aromatic carbocycles. The third-order valence-corrected chi connectivity index (χ3v) is 4.64. The summed E-state index contributed by atoms with van der Waals surface area (Å²) >= 11 is 0. The molecule has 0 heterocycles. The molecule has 33 heavy (non-hydrogen) atoms. The highest BCUT2D eigenvalue weighted by atomic mass is 127. The first kappa shape index (κ1) is 28.5. The number of hydrogen-bond donors (Lipinski definition) is 3. The van der Waals surface area contributed by atoms with E-state index >= 15 is 0 Å². The minimum absolute atomic E-state index is 0. The van der Waals surface area contributed by atoms with Crippen molar-refractivity contribution in [3.8, 4) is 11.5 Å². The van der Waals surface area contributed by atoms with Crippen LogP contribution in [0.5, 0.6) is 11.5 Å². The summed E-state index contributed by atoms with van der Waals surface area (Å²) in [6.45, 7) is 7.29. The molecule has 8 nitrogen and oxygen atoms in total. The molecule has 0 saturated carbocycles. The number of methoxy groups -OCH3 is 1. The monoisotopic (exact) mass is 570 g/mol. The van der Waals surface area contributed by atoms with Gasteiger partial charge in [0.15, 0.2) is 5.96 Å². The molecule has 182 valence electrons. The second kappa shape index (κ2) is 16.1. The number of carbonyl (C=O) groups is 1. The fraction of sp³-hybridized carbons (Fsp3) is 0.417. The summed E-state index contributed by atoms with van der Waals surface area (Å²) in [5.41, 5.74) is 2.75. The average molecular weight is 570 g/mol. The van der Waals surface area contributed by atoms with Gasteiger partial charge in [0.1, 0.15) is 18.1 Å². The summed E-state index contributed by atoms with van der Waals surface area (Å²) < 4.78 is 16.3. The van der Waals surface area contributed by atoms with Gasteiger partial charge >= 0.3 is 0 Å². The van der Waals surface area contributed by atoms with Crippen LogP contribution in [0.4, 0.5) is 0 Å². The van der Waals surface area contributed by atoms with Crippen molar-refractivity contribution >= 4 is 35.8 Å². The Morgan fingerprint density at radius 1 is 1.00 bits per heavy atom. The molecule has 3 N–H and O–H groups in total. The number of carbonyl (C=O) groups excluding carboxylic acids is 1. The maximum Gasteiger partial charge on any atom is 0.251 e. The van der Waals surface area contributed by atoms with E-state index in [0.29, 0.717) is 51.0 Å². The van der Waals surface area contributed by atoms with Crippen LogP contribution in [0, 0.1) is 6.92 Å². The largest absolute Gasteiger partial charge is 0.497 e. The van der Waals surface area contributed by atoms with E-state index in [1.807, 2.05) is 26.0 Å². The lowest BCUT2D eigenvalue weighted by atomic mass is 10.1. The maximum atomic E-state index is 12.2. The Balaban J connectivity index is 0.00000544. The molecule has 0 aliphatic heterocycles. The predicted octanol–water partition coefficient (Wildman–Crippen LogP) is 3.13. The highest BCUT2D eigenvalue weighted by Crippen LogP contribution is 2.20. The van der Waals surface area contributed by atoms with Crippen molar-refractivity contribution < 1.29 is 19.0 Å². The zero-order valence-electron chi connectivity index (χ0n) is 19.8. The van der Waals surface area contributed by atoms with Crippen LogP contribution in [0.1, 0.15) is 28.4 Å². The van der Waals surface area contributed by atoms with Crippen molar-refractivity contribution in [2.45, 2.75) is 20.4 Å². The minimum atomic E-state index is -0.133. The fourth-order valence-electron chi connectivity index (χ4n) is 2.90. The zero-order chi connectivity index (χ0) is 23.2. The topological polar surface area (TPSA) is 93.2 Å². The molecule has 0 saturated heterocycles. The van der Waals surface area contributed by atoms with E-state index in [4.69, 9.17) is 14.2 Å². The van der Waals surface area contributed by atoms with Gasteiger partial charge in [0.25, 0.3) is 5.91 Å². The van der Waals surface area contributed by atoms with E-state index in [-0.39, 0.29) is 29.9 Å². The summed E-state index contributed by atoms with van der Waals surface area (Å²) in [5, 5.41) is 9.36. The van der Waals surface area contributed by atoms with Gasteiger partial charge < -0.3 is 30.2 Å². The van der Waals surface area contributed by atoms with Gasteiger partial charge in [-0.15, -0.1) is 24.0 Å². The lowest BCUT2D eigenvalue weighted by molar-refractivity contribution is 0.0954. The quantitative estimate of drug-likeness (QED) is 0.157. The summed E-state index contributed by atoms with van der Waals surface area (Å²) in [6, 6.07) is 13.1. The number of aryl methyl sites for hydroxylation is 1. The molecule has 0 aromatic heterocycles. The third-order valence-electron chi connectivity index (χ3n) is 4.64. The Bertz CT molecular complexity index is 875. The molecular formula is C24H35IN4O4. The van der Waals surface area contributed by atoms with E-state index in [2.05, 4.69) is 27.0 Å². The number of nitrogens with zero attached hydrogens (tertiary/aromatic N) is 1. The van der Waals surface area contributed by atoms with Crippen molar-refractivity contribution in [2.24, 2.45) is 4.99 Å². The first-order chi connectivity index (χ1) is 15.6. The molecule has 0 aliphatic rings. The van der Waals surface area contributed by atoms with Gasteiger partial charge in [0.2, 0.25) is 0 Å². The first-order valence-corrected chi connectivity index (χ1v) is 10.7. The Morgan fingerprint density at radius 3 is 2.39 bits per heavy atom. The molecule has 0 fully saturated rings. The molecule has 0 atom stereocenters. The second-order valence-electron chi connectivity index (χ2n) is 6.99. The lowest BCUT2D eigenvalue weighted by Gasteiger charge is -2.16. The van der Waals surface area contributed by atoms with E-state index in [0.717, 1.165) is 22.6 Å². The predicted molar refractivity (Wildman–Crippen MR) is 142 cm³/mol. The van der Waals surface area contributed by atoms with Gasteiger partial charge in [-0.3, -0.25) is 9.79 Å². The number of nitrogens with one attached hydrogen (secondary N) is 3. The van der Waals surface area contributed by atoms with E-state index in [1.165, 1.54) is 0 Å². The Kier molecular flexibility index (Phi) is 13.9. The van der Waals surface area contributed by atoms with Crippen molar-refractivity contribution in [2.75, 3.05) is 47.1 Å². The van der Waals surface area contributed by atoms with Crippen LogP contribution >= 0.6 is 24.0 Å². The summed E-state index contributed by atoms with van der Waals surface area (Å²) in [4.78, 5) is 16.5. The molecule has 0 spiro atoms. The van der Waals surface area contributed by atoms with Gasteiger partial charge in [-0.05, 0) is 49.7 Å². The maximum absolute atomic E-state index is 12.2. The van der Waals surface area contributed by atoms with Crippen LogP contribution in [-0.2, 0) is 11.3 Å². The van der Waals surface area contributed by atoms with Crippen LogP contribution < -0.4 is 25.4 Å². The Labute approximate surface area is 213 Å². The standard InChI is InChI=1S/C24H34N4O4.HI/c1-5-31-14-15-32-22-16-18(2)6-7-20(22)17-28-24(25-3)27-13-12-26-23(29)19-8-10-21(30-4)11-9-19;/h6-11,16H,5,12-15,17H2,1-4H3,(H,26,29)(H2,25,27,28);1H. The molecule has 0 radical (unpaired) electrons. The van der Waals surface area contributed by atoms with E-state index in [1.54, 1.807) is 38.4 Å². The number of rotatable bonds is 12.